The Kier molecular flexibility index (Phi) is 5.53. The van der Waals surface area contributed by atoms with Crippen LogP contribution in [-0.4, -0.2) is 36.2 Å². The van der Waals surface area contributed by atoms with Crippen molar-refractivity contribution in [2.75, 3.05) is 6.54 Å². The molecule has 0 spiro atoms. The van der Waals surface area contributed by atoms with Crippen molar-refractivity contribution in [2.45, 2.75) is 37.2 Å². The lowest BCUT2D eigenvalue weighted by atomic mass is 10.1. The van der Waals surface area contributed by atoms with Crippen molar-refractivity contribution in [3.05, 3.63) is 71.7 Å². The Hall–Kier alpha value is -2.84. The number of aryl methyl sites for hydroxylation is 1. The number of amides is 1. The number of hydrogen-bond donors (Lipinski definition) is 1. The summed E-state index contributed by atoms with van der Waals surface area (Å²) in [4.78, 5) is 17.4. The molecule has 6 nitrogen and oxygen atoms in total. The maximum atomic E-state index is 13.2. The van der Waals surface area contributed by atoms with E-state index in [9.17, 15) is 17.6 Å². The molecule has 156 valence electrons. The Bertz CT molecular complexity index is 1200. The second kappa shape index (κ2) is 8.12. The van der Waals surface area contributed by atoms with Gasteiger partial charge in [-0.15, -0.1) is 0 Å². The number of rotatable bonds is 5. The highest BCUT2D eigenvalue weighted by molar-refractivity contribution is 7.89. The van der Waals surface area contributed by atoms with Gasteiger partial charge >= 0.3 is 0 Å². The van der Waals surface area contributed by atoms with E-state index >= 15 is 0 Å². The normalized spacial score (nSPS) is 17.3. The van der Waals surface area contributed by atoms with E-state index in [0.717, 1.165) is 34.3 Å². The van der Waals surface area contributed by atoms with Crippen LogP contribution in [0.4, 0.5) is 4.39 Å². The minimum absolute atomic E-state index is 0.0145. The van der Waals surface area contributed by atoms with Crippen LogP contribution in [0.25, 0.3) is 10.9 Å². The van der Waals surface area contributed by atoms with Crippen LogP contribution in [-0.2, 0) is 21.4 Å². The first-order chi connectivity index (χ1) is 14.4. The maximum Gasteiger partial charge on any atom is 0.243 e. The molecule has 1 aliphatic heterocycles. The molecule has 0 radical (unpaired) electrons. The van der Waals surface area contributed by atoms with Crippen LogP contribution in [0.5, 0.6) is 0 Å². The number of carbonyl (C=O) groups is 1. The van der Waals surface area contributed by atoms with E-state index < -0.39 is 21.9 Å². The quantitative estimate of drug-likeness (QED) is 0.678. The SMILES string of the molecule is Cc1cc(CNC(=O)C2CCCN2S(=O)(=O)c2ccc(F)cc2)c2ccccc2n1. The van der Waals surface area contributed by atoms with Gasteiger partial charge in [-0.05, 0) is 61.7 Å². The molecular weight excluding hydrogens is 405 g/mol. The Morgan fingerprint density at radius 2 is 1.93 bits per heavy atom. The minimum atomic E-state index is -3.88. The number of nitrogens with zero attached hydrogens (tertiary/aromatic N) is 2. The zero-order valence-corrected chi connectivity index (χ0v) is 17.3. The molecule has 4 rings (SSSR count). The lowest BCUT2D eigenvalue weighted by Gasteiger charge is -2.23. The zero-order chi connectivity index (χ0) is 21.3. The first-order valence-electron chi connectivity index (χ1n) is 9.76. The van der Waals surface area contributed by atoms with E-state index in [1.165, 1.54) is 16.4 Å². The van der Waals surface area contributed by atoms with Gasteiger partial charge < -0.3 is 5.32 Å². The Labute approximate surface area is 174 Å². The van der Waals surface area contributed by atoms with Crippen LogP contribution < -0.4 is 5.32 Å². The van der Waals surface area contributed by atoms with Crippen LogP contribution in [0.1, 0.15) is 24.1 Å². The van der Waals surface area contributed by atoms with Crippen molar-refractivity contribution < 1.29 is 17.6 Å². The van der Waals surface area contributed by atoms with Gasteiger partial charge in [0, 0.05) is 24.2 Å². The molecular formula is C22H22FN3O3S. The van der Waals surface area contributed by atoms with Gasteiger partial charge in [0.25, 0.3) is 0 Å². The lowest BCUT2D eigenvalue weighted by molar-refractivity contribution is -0.124. The Balaban J connectivity index is 1.53. The molecule has 1 unspecified atom stereocenters. The number of benzene rings is 2. The van der Waals surface area contributed by atoms with Crippen molar-refractivity contribution in [1.82, 2.24) is 14.6 Å². The fourth-order valence-electron chi connectivity index (χ4n) is 3.87. The summed E-state index contributed by atoms with van der Waals surface area (Å²) >= 11 is 0. The Morgan fingerprint density at radius 3 is 2.70 bits per heavy atom. The summed E-state index contributed by atoms with van der Waals surface area (Å²) in [6.07, 6.45) is 1.04. The molecule has 3 aromatic rings. The van der Waals surface area contributed by atoms with Gasteiger partial charge in [0.1, 0.15) is 11.9 Å². The van der Waals surface area contributed by atoms with Crippen LogP contribution in [0.3, 0.4) is 0 Å². The summed E-state index contributed by atoms with van der Waals surface area (Å²) < 4.78 is 40.3. The predicted molar refractivity (Wildman–Crippen MR) is 112 cm³/mol. The number of carbonyl (C=O) groups excluding carboxylic acids is 1. The molecule has 8 heteroatoms. The van der Waals surface area contributed by atoms with E-state index in [1.807, 2.05) is 37.3 Å². The second-order valence-electron chi connectivity index (χ2n) is 7.39. The average molecular weight is 428 g/mol. The summed E-state index contributed by atoms with van der Waals surface area (Å²) in [5.74, 6) is -0.846. The van der Waals surface area contributed by atoms with E-state index in [2.05, 4.69) is 10.3 Å². The first kappa shape index (κ1) is 20.4. The number of fused-ring (bicyclic) bond motifs is 1. The highest BCUT2D eigenvalue weighted by Gasteiger charge is 2.39. The van der Waals surface area contributed by atoms with Gasteiger partial charge in [-0.2, -0.15) is 4.31 Å². The smallest absolute Gasteiger partial charge is 0.243 e. The van der Waals surface area contributed by atoms with Gasteiger partial charge in [0.2, 0.25) is 15.9 Å². The fourth-order valence-corrected chi connectivity index (χ4v) is 5.53. The highest BCUT2D eigenvalue weighted by Crippen LogP contribution is 2.26. The molecule has 30 heavy (non-hydrogen) atoms. The number of pyridine rings is 1. The van der Waals surface area contributed by atoms with E-state index in [0.29, 0.717) is 12.8 Å². The fraction of sp³-hybridized carbons (Fsp3) is 0.273. The van der Waals surface area contributed by atoms with E-state index in [1.54, 1.807) is 0 Å². The minimum Gasteiger partial charge on any atom is -0.351 e. The van der Waals surface area contributed by atoms with E-state index in [-0.39, 0.29) is 23.9 Å². The lowest BCUT2D eigenvalue weighted by Crippen LogP contribution is -2.45. The molecule has 2 heterocycles. The van der Waals surface area contributed by atoms with Crippen molar-refractivity contribution in [3.63, 3.8) is 0 Å². The second-order valence-corrected chi connectivity index (χ2v) is 9.28. The van der Waals surface area contributed by atoms with Gasteiger partial charge in [-0.3, -0.25) is 9.78 Å². The van der Waals surface area contributed by atoms with Crippen molar-refractivity contribution in [3.8, 4) is 0 Å². The highest BCUT2D eigenvalue weighted by atomic mass is 32.2. The van der Waals surface area contributed by atoms with E-state index in [4.69, 9.17) is 0 Å². The third-order valence-electron chi connectivity index (χ3n) is 5.31. The van der Waals surface area contributed by atoms with Gasteiger partial charge in [-0.25, -0.2) is 12.8 Å². The molecule has 1 N–H and O–H groups in total. The number of hydrogen-bond acceptors (Lipinski definition) is 4. The summed E-state index contributed by atoms with van der Waals surface area (Å²) in [7, 11) is -3.88. The monoisotopic (exact) mass is 427 g/mol. The molecule has 0 saturated carbocycles. The summed E-state index contributed by atoms with van der Waals surface area (Å²) in [5.41, 5.74) is 2.62. The number of nitrogens with one attached hydrogen (secondary N) is 1. The average Bonchev–Trinajstić information content (AvgIpc) is 3.23. The van der Waals surface area contributed by atoms with Crippen molar-refractivity contribution in [1.29, 1.82) is 0 Å². The molecule has 0 bridgehead atoms. The molecule has 1 aromatic heterocycles. The first-order valence-corrected chi connectivity index (χ1v) is 11.2. The van der Waals surface area contributed by atoms with Crippen LogP contribution in [0.15, 0.2) is 59.5 Å². The van der Waals surface area contributed by atoms with Crippen molar-refractivity contribution >= 4 is 26.8 Å². The largest absolute Gasteiger partial charge is 0.351 e. The zero-order valence-electron chi connectivity index (χ0n) is 16.5. The van der Waals surface area contributed by atoms with Crippen LogP contribution in [0.2, 0.25) is 0 Å². The molecule has 1 saturated heterocycles. The van der Waals surface area contributed by atoms with Crippen LogP contribution >= 0.6 is 0 Å². The maximum absolute atomic E-state index is 13.2. The number of aromatic nitrogens is 1. The van der Waals surface area contributed by atoms with Gasteiger partial charge in [0.15, 0.2) is 0 Å². The molecule has 2 aromatic carbocycles. The molecule has 1 aliphatic rings. The predicted octanol–water partition coefficient (Wildman–Crippen LogP) is 3.15. The third-order valence-corrected chi connectivity index (χ3v) is 7.23. The molecule has 1 fully saturated rings. The standard InChI is InChI=1S/C22H22FN3O3S/c1-15-13-16(19-5-2-3-6-20(19)25-15)14-24-22(27)21-7-4-12-26(21)30(28,29)18-10-8-17(23)9-11-18/h2-3,5-6,8-11,13,21H,4,7,12,14H2,1H3,(H,24,27). The molecule has 1 amide bonds. The number of sulfonamides is 1. The topological polar surface area (TPSA) is 79.4 Å². The van der Waals surface area contributed by atoms with Gasteiger partial charge in [0.05, 0.1) is 10.4 Å². The third kappa shape index (κ3) is 3.93. The van der Waals surface area contributed by atoms with Crippen LogP contribution in [0, 0.1) is 12.7 Å². The summed E-state index contributed by atoms with van der Waals surface area (Å²) in [6, 6.07) is 13.5. The molecule has 0 aliphatic carbocycles. The molecule has 1 atom stereocenters. The van der Waals surface area contributed by atoms with Gasteiger partial charge in [-0.1, -0.05) is 18.2 Å². The van der Waals surface area contributed by atoms with Crippen molar-refractivity contribution in [2.24, 2.45) is 0 Å². The number of halogens is 1. The summed E-state index contributed by atoms with van der Waals surface area (Å²) in [6.45, 7) is 2.43. The number of para-hydroxylation sites is 1. The summed E-state index contributed by atoms with van der Waals surface area (Å²) in [5, 5.41) is 3.84. The Morgan fingerprint density at radius 1 is 1.20 bits per heavy atom.